The van der Waals surface area contributed by atoms with Gasteiger partial charge in [0.15, 0.2) is 0 Å². The van der Waals surface area contributed by atoms with E-state index in [0.717, 1.165) is 18.5 Å². The van der Waals surface area contributed by atoms with Crippen molar-refractivity contribution >= 4 is 11.7 Å². The Labute approximate surface area is 102 Å². The van der Waals surface area contributed by atoms with E-state index in [4.69, 9.17) is 4.74 Å². The van der Waals surface area contributed by atoms with E-state index in [1.54, 1.807) is 6.07 Å². The number of anilines is 1. The lowest BCUT2D eigenvalue weighted by Crippen LogP contribution is -2.05. The Morgan fingerprint density at radius 2 is 2.12 bits per heavy atom. The fraction of sp³-hybridized carbons (Fsp3) is 0.357. The van der Waals surface area contributed by atoms with Crippen molar-refractivity contribution in [1.29, 1.82) is 0 Å². The van der Waals surface area contributed by atoms with Gasteiger partial charge in [-0.05, 0) is 31.7 Å². The van der Waals surface area contributed by atoms with Crippen LogP contribution in [0.2, 0.25) is 0 Å². The first-order valence-corrected chi connectivity index (χ1v) is 5.78. The van der Waals surface area contributed by atoms with E-state index in [9.17, 15) is 4.79 Å². The summed E-state index contributed by atoms with van der Waals surface area (Å²) in [6.07, 6.45) is 4.10. The highest BCUT2D eigenvalue weighted by Crippen LogP contribution is 2.16. The van der Waals surface area contributed by atoms with Gasteiger partial charge in [0.1, 0.15) is 0 Å². The molecule has 0 radical (unpaired) electrons. The van der Waals surface area contributed by atoms with Crippen LogP contribution < -0.4 is 5.32 Å². The minimum absolute atomic E-state index is 0.324. The van der Waals surface area contributed by atoms with Crippen molar-refractivity contribution < 1.29 is 9.53 Å². The molecule has 0 amide bonds. The lowest BCUT2D eigenvalue weighted by atomic mass is 10.1. The molecule has 0 saturated heterocycles. The van der Waals surface area contributed by atoms with Gasteiger partial charge in [0.2, 0.25) is 0 Å². The van der Waals surface area contributed by atoms with Crippen LogP contribution in [0.1, 0.15) is 37.0 Å². The predicted octanol–water partition coefficient (Wildman–Crippen LogP) is 3.59. The minimum atomic E-state index is -0.324. The zero-order valence-electron chi connectivity index (χ0n) is 10.6. The molecule has 1 aromatic carbocycles. The third-order valence-electron chi connectivity index (χ3n) is 2.45. The van der Waals surface area contributed by atoms with Gasteiger partial charge in [0.05, 0.1) is 18.4 Å². The Bertz CT molecular complexity index is 410. The number of ether oxygens (including phenoxy) is 1. The number of para-hydroxylation sites is 1. The maximum Gasteiger partial charge on any atom is 0.339 e. The molecule has 1 aromatic rings. The molecule has 0 spiro atoms. The van der Waals surface area contributed by atoms with E-state index in [1.165, 1.54) is 12.7 Å². The van der Waals surface area contributed by atoms with Gasteiger partial charge in [0.25, 0.3) is 0 Å². The van der Waals surface area contributed by atoms with E-state index < -0.39 is 0 Å². The molecule has 3 heteroatoms. The zero-order chi connectivity index (χ0) is 12.7. The molecule has 0 atom stereocenters. The van der Waals surface area contributed by atoms with Gasteiger partial charge in [-0.1, -0.05) is 31.1 Å². The van der Waals surface area contributed by atoms with Crippen molar-refractivity contribution in [3.05, 3.63) is 41.6 Å². The number of carbonyl (C=O) groups is 1. The quantitative estimate of drug-likeness (QED) is 0.790. The van der Waals surface area contributed by atoms with E-state index in [0.29, 0.717) is 5.56 Å². The molecule has 0 bridgehead atoms. The second kappa shape index (κ2) is 6.74. The molecule has 0 saturated carbocycles. The summed E-state index contributed by atoms with van der Waals surface area (Å²) in [6, 6.07) is 7.32. The highest BCUT2D eigenvalue weighted by molar-refractivity contribution is 5.95. The SMILES string of the molecule is CCCC(C)=CNc1ccccc1C(=O)OC. The average molecular weight is 233 g/mol. The summed E-state index contributed by atoms with van der Waals surface area (Å²) in [5, 5.41) is 3.15. The third kappa shape index (κ3) is 3.94. The van der Waals surface area contributed by atoms with Gasteiger partial charge in [0, 0.05) is 0 Å². The number of methoxy groups -OCH3 is 1. The number of carbonyl (C=O) groups excluding carboxylic acids is 1. The summed E-state index contributed by atoms with van der Waals surface area (Å²) >= 11 is 0. The lowest BCUT2D eigenvalue weighted by Gasteiger charge is -2.08. The molecule has 3 nitrogen and oxygen atoms in total. The van der Waals surface area contributed by atoms with Crippen LogP contribution in [0.4, 0.5) is 5.69 Å². The van der Waals surface area contributed by atoms with Crippen molar-refractivity contribution in [3.63, 3.8) is 0 Å². The molecular weight excluding hydrogens is 214 g/mol. The molecule has 17 heavy (non-hydrogen) atoms. The Balaban J connectivity index is 2.84. The van der Waals surface area contributed by atoms with Crippen LogP contribution in [0.25, 0.3) is 0 Å². The second-order valence-electron chi connectivity index (χ2n) is 3.92. The fourth-order valence-electron chi connectivity index (χ4n) is 1.56. The van der Waals surface area contributed by atoms with E-state index in [1.807, 2.05) is 24.4 Å². The van der Waals surface area contributed by atoms with E-state index in [-0.39, 0.29) is 5.97 Å². The molecule has 0 aliphatic heterocycles. The summed E-state index contributed by atoms with van der Waals surface area (Å²) in [4.78, 5) is 11.5. The first-order valence-electron chi connectivity index (χ1n) is 5.78. The summed E-state index contributed by atoms with van der Waals surface area (Å²) in [5.41, 5.74) is 2.58. The molecule has 0 unspecified atom stereocenters. The Kier molecular flexibility index (Phi) is 5.27. The molecular formula is C14H19NO2. The monoisotopic (exact) mass is 233 g/mol. The highest BCUT2D eigenvalue weighted by atomic mass is 16.5. The molecule has 92 valence electrons. The van der Waals surface area contributed by atoms with Crippen molar-refractivity contribution in [3.8, 4) is 0 Å². The number of hydrogen-bond donors (Lipinski definition) is 1. The average Bonchev–Trinajstić information content (AvgIpc) is 2.36. The number of benzene rings is 1. The van der Waals surface area contributed by atoms with Crippen molar-refractivity contribution in [2.24, 2.45) is 0 Å². The lowest BCUT2D eigenvalue weighted by molar-refractivity contribution is 0.0602. The minimum Gasteiger partial charge on any atom is -0.465 e. The molecule has 0 heterocycles. The maximum absolute atomic E-state index is 11.5. The van der Waals surface area contributed by atoms with Crippen LogP contribution in [0.3, 0.4) is 0 Å². The van der Waals surface area contributed by atoms with Gasteiger partial charge in [-0.15, -0.1) is 0 Å². The van der Waals surface area contributed by atoms with Crippen molar-refractivity contribution in [2.45, 2.75) is 26.7 Å². The standard InChI is InChI=1S/C14H19NO2/c1-4-7-11(2)10-15-13-9-6-5-8-12(13)14(16)17-3/h5-6,8-10,15H,4,7H2,1-3H3. The molecule has 1 rings (SSSR count). The van der Waals surface area contributed by atoms with Crippen LogP contribution in [0.15, 0.2) is 36.0 Å². The van der Waals surface area contributed by atoms with Crippen LogP contribution in [-0.4, -0.2) is 13.1 Å². The van der Waals surface area contributed by atoms with Crippen LogP contribution in [0, 0.1) is 0 Å². The summed E-state index contributed by atoms with van der Waals surface area (Å²) < 4.78 is 4.73. The zero-order valence-corrected chi connectivity index (χ0v) is 10.6. The Morgan fingerprint density at radius 1 is 1.41 bits per heavy atom. The van der Waals surface area contributed by atoms with Gasteiger partial charge in [-0.3, -0.25) is 0 Å². The van der Waals surface area contributed by atoms with Crippen molar-refractivity contribution in [1.82, 2.24) is 0 Å². The maximum atomic E-state index is 11.5. The molecule has 0 fully saturated rings. The molecule has 1 N–H and O–H groups in total. The number of allylic oxidation sites excluding steroid dienone is 1. The fourth-order valence-corrected chi connectivity index (χ4v) is 1.56. The number of nitrogens with one attached hydrogen (secondary N) is 1. The Hall–Kier alpha value is -1.77. The predicted molar refractivity (Wildman–Crippen MR) is 70.1 cm³/mol. The first kappa shape index (κ1) is 13.3. The molecule has 0 aliphatic rings. The van der Waals surface area contributed by atoms with E-state index >= 15 is 0 Å². The topological polar surface area (TPSA) is 38.3 Å². The van der Waals surface area contributed by atoms with Gasteiger partial charge in [-0.2, -0.15) is 0 Å². The number of hydrogen-bond acceptors (Lipinski definition) is 3. The number of esters is 1. The number of rotatable bonds is 5. The van der Waals surface area contributed by atoms with E-state index in [2.05, 4.69) is 19.2 Å². The van der Waals surface area contributed by atoms with Gasteiger partial charge < -0.3 is 10.1 Å². The molecule has 0 aliphatic carbocycles. The Morgan fingerprint density at radius 3 is 2.76 bits per heavy atom. The first-order chi connectivity index (χ1) is 8.19. The van der Waals surface area contributed by atoms with Crippen LogP contribution >= 0.6 is 0 Å². The van der Waals surface area contributed by atoms with Gasteiger partial charge >= 0.3 is 5.97 Å². The van der Waals surface area contributed by atoms with Crippen molar-refractivity contribution in [2.75, 3.05) is 12.4 Å². The smallest absolute Gasteiger partial charge is 0.339 e. The van der Waals surface area contributed by atoms with Crippen LogP contribution in [-0.2, 0) is 4.74 Å². The largest absolute Gasteiger partial charge is 0.465 e. The summed E-state index contributed by atoms with van der Waals surface area (Å²) in [6.45, 7) is 4.21. The second-order valence-corrected chi connectivity index (χ2v) is 3.92. The summed E-state index contributed by atoms with van der Waals surface area (Å²) in [5.74, 6) is -0.324. The normalized spacial score (nSPS) is 11.1. The highest BCUT2D eigenvalue weighted by Gasteiger charge is 2.09. The third-order valence-corrected chi connectivity index (χ3v) is 2.45. The van der Waals surface area contributed by atoms with Crippen LogP contribution in [0.5, 0.6) is 0 Å². The van der Waals surface area contributed by atoms with Gasteiger partial charge in [-0.25, -0.2) is 4.79 Å². The summed E-state index contributed by atoms with van der Waals surface area (Å²) in [7, 11) is 1.39. The molecule has 0 aromatic heterocycles.